The number of benzene rings is 1. The van der Waals surface area contributed by atoms with Crippen molar-refractivity contribution in [3.63, 3.8) is 0 Å². The van der Waals surface area contributed by atoms with Crippen LogP contribution >= 0.6 is 0 Å². The fourth-order valence-corrected chi connectivity index (χ4v) is 2.38. The molecule has 0 saturated carbocycles. The Labute approximate surface area is 113 Å². The highest BCUT2D eigenvalue weighted by molar-refractivity contribution is 6.09. The Morgan fingerprint density at radius 1 is 1.32 bits per heavy atom. The van der Waals surface area contributed by atoms with E-state index < -0.39 is 5.54 Å². The first-order chi connectivity index (χ1) is 8.89. The van der Waals surface area contributed by atoms with Crippen LogP contribution in [0.3, 0.4) is 0 Å². The van der Waals surface area contributed by atoms with Crippen molar-refractivity contribution in [2.75, 3.05) is 11.4 Å². The highest BCUT2D eigenvalue weighted by atomic mass is 16.2. The van der Waals surface area contributed by atoms with Crippen molar-refractivity contribution < 1.29 is 9.59 Å². The maximum absolute atomic E-state index is 12.6. The lowest BCUT2D eigenvalue weighted by molar-refractivity contribution is -0.135. The number of nitrogens with one attached hydrogen (secondary N) is 1. The van der Waals surface area contributed by atoms with E-state index >= 15 is 0 Å². The molecule has 1 aliphatic rings. The van der Waals surface area contributed by atoms with Crippen molar-refractivity contribution in [1.82, 2.24) is 5.32 Å². The molecule has 4 nitrogen and oxygen atoms in total. The number of nitrogens with zero attached hydrogens (tertiary/aromatic N) is 1. The predicted octanol–water partition coefficient (Wildman–Crippen LogP) is 1.93. The topological polar surface area (TPSA) is 49.4 Å². The first-order valence-corrected chi connectivity index (χ1v) is 6.58. The van der Waals surface area contributed by atoms with E-state index in [1.807, 2.05) is 39.0 Å². The van der Waals surface area contributed by atoms with E-state index in [-0.39, 0.29) is 18.4 Å². The Kier molecular flexibility index (Phi) is 3.35. The zero-order chi connectivity index (χ0) is 14.2. The normalized spacial score (nSPS) is 23.5. The van der Waals surface area contributed by atoms with Crippen LogP contribution in [0.2, 0.25) is 0 Å². The summed E-state index contributed by atoms with van der Waals surface area (Å²) in [5.41, 5.74) is 2.20. The summed E-state index contributed by atoms with van der Waals surface area (Å²) in [6.45, 7) is 7.77. The Bertz CT molecular complexity index is 539. The van der Waals surface area contributed by atoms with Gasteiger partial charge in [-0.25, -0.2) is 0 Å². The summed E-state index contributed by atoms with van der Waals surface area (Å²) in [5.74, 6) is -0.145. The second-order valence-electron chi connectivity index (χ2n) is 5.34. The highest BCUT2D eigenvalue weighted by Gasteiger charge is 2.42. The molecular weight excluding hydrogens is 240 g/mol. The van der Waals surface area contributed by atoms with Gasteiger partial charge in [0, 0.05) is 5.69 Å². The molecule has 1 aromatic rings. The molecule has 1 saturated heterocycles. The molecule has 2 amide bonds. The Balaban J connectivity index is 2.46. The number of hydrogen-bond donors (Lipinski definition) is 1. The Hall–Kier alpha value is -1.84. The fraction of sp³-hybridized carbons (Fsp3) is 0.467. The van der Waals surface area contributed by atoms with Gasteiger partial charge in [-0.05, 0) is 44.4 Å². The van der Waals surface area contributed by atoms with Crippen LogP contribution in [-0.4, -0.2) is 23.9 Å². The van der Waals surface area contributed by atoms with Gasteiger partial charge in [-0.15, -0.1) is 0 Å². The van der Waals surface area contributed by atoms with Gasteiger partial charge in [-0.2, -0.15) is 0 Å². The van der Waals surface area contributed by atoms with E-state index in [2.05, 4.69) is 5.32 Å². The highest BCUT2D eigenvalue weighted by Crippen LogP contribution is 2.28. The molecule has 1 atom stereocenters. The third-order valence-corrected chi connectivity index (χ3v) is 4.01. The van der Waals surface area contributed by atoms with Gasteiger partial charge in [0.1, 0.15) is 12.1 Å². The molecular formula is C15H20N2O2. The van der Waals surface area contributed by atoms with Gasteiger partial charge in [0.05, 0.1) is 0 Å². The first kappa shape index (κ1) is 13.6. The van der Waals surface area contributed by atoms with Crippen LogP contribution in [0.1, 0.15) is 31.4 Å². The second kappa shape index (κ2) is 4.68. The lowest BCUT2D eigenvalue weighted by atomic mass is 9.93. The maximum atomic E-state index is 12.6. The van der Waals surface area contributed by atoms with Crippen molar-refractivity contribution in [2.24, 2.45) is 0 Å². The van der Waals surface area contributed by atoms with E-state index in [0.717, 1.165) is 16.8 Å². The largest absolute Gasteiger partial charge is 0.340 e. The van der Waals surface area contributed by atoms with Crippen molar-refractivity contribution in [3.8, 4) is 0 Å². The van der Waals surface area contributed by atoms with Crippen molar-refractivity contribution in [2.45, 2.75) is 39.7 Å². The summed E-state index contributed by atoms with van der Waals surface area (Å²) in [6, 6.07) is 5.82. The quantitative estimate of drug-likeness (QED) is 0.883. The lowest BCUT2D eigenvalue weighted by Gasteiger charge is -2.39. The number of aryl methyl sites for hydroxylation is 1. The molecule has 1 unspecified atom stereocenters. The van der Waals surface area contributed by atoms with Gasteiger partial charge in [-0.3, -0.25) is 9.59 Å². The molecule has 19 heavy (non-hydrogen) atoms. The SMILES string of the molecule is CCC1(C)NC(=O)CN(c2cccc(C)c2C)C1=O. The average Bonchev–Trinajstić information content (AvgIpc) is 2.37. The summed E-state index contributed by atoms with van der Waals surface area (Å²) in [6.07, 6.45) is 0.582. The molecule has 0 radical (unpaired) electrons. The minimum absolute atomic E-state index is 0.0386. The van der Waals surface area contributed by atoms with Crippen molar-refractivity contribution in [3.05, 3.63) is 29.3 Å². The van der Waals surface area contributed by atoms with E-state index in [9.17, 15) is 9.59 Å². The summed E-state index contributed by atoms with van der Waals surface area (Å²) in [5, 5.41) is 2.80. The molecule has 4 heteroatoms. The zero-order valence-electron chi connectivity index (χ0n) is 11.9. The fourth-order valence-electron chi connectivity index (χ4n) is 2.38. The van der Waals surface area contributed by atoms with Crippen LogP contribution < -0.4 is 10.2 Å². The van der Waals surface area contributed by atoms with Gasteiger partial charge >= 0.3 is 0 Å². The van der Waals surface area contributed by atoms with E-state index in [4.69, 9.17) is 0 Å². The zero-order valence-corrected chi connectivity index (χ0v) is 11.9. The summed E-state index contributed by atoms with van der Waals surface area (Å²) in [7, 11) is 0. The first-order valence-electron chi connectivity index (χ1n) is 6.58. The summed E-state index contributed by atoms with van der Waals surface area (Å²) < 4.78 is 0. The minimum atomic E-state index is -0.800. The van der Waals surface area contributed by atoms with Gasteiger partial charge in [0.2, 0.25) is 5.91 Å². The molecule has 0 bridgehead atoms. The minimum Gasteiger partial charge on any atom is -0.340 e. The number of carbonyl (C=O) groups is 2. The average molecular weight is 260 g/mol. The molecule has 102 valence electrons. The molecule has 0 aromatic heterocycles. The lowest BCUT2D eigenvalue weighted by Crippen LogP contribution is -2.65. The van der Waals surface area contributed by atoms with Crippen LogP contribution in [0.15, 0.2) is 18.2 Å². The molecule has 0 spiro atoms. The van der Waals surface area contributed by atoms with Gasteiger partial charge < -0.3 is 10.2 Å². The van der Waals surface area contributed by atoms with Crippen LogP contribution in [0.25, 0.3) is 0 Å². The Morgan fingerprint density at radius 2 is 2.00 bits per heavy atom. The third-order valence-electron chi connectivity index (χ3n) is 4.01. The van der Waals surface area contributed by atoms with Gasteiger partial charge in [0.15, 0.2) is 0 Å². The van der Waals surface area contributed by atoms with Crippen LogP contribution in [0.4, 0.5) is 5.69 Å². The predicted molar refractivity (Wildman–Crippen MR) is 75.1 cm³/mol. The molecule has 1 fully saturated rings. The van der Waals surface area contributed by atoms with E-state index in [1.54, 1.807) is 11.8 Å². The molecule has 1 aliphatic heterocycles. The molecule has 0 aliphatic carbocycles. The summed E-state index contributed by atoms with van der Waals surface area (Å²) in [4.78, 5) is 26.1. The third kappa shape index (κ3) is 2.23. The number of rotatable bonds is 2. The van der Waals surface area contributed by atoms with Crippen molar-refractivity contribution >= 4 is 17.5 Å². The smallest absolute Gasteiger partial charge is 0.252 e. The molecule has 1 heterocycles. The maximum Gasteiger partial charge on any atom is 0.252 e. The number of piperazine rings is 1. The Morgan fingerprint density at radius 3 is 2.63 bits per heavy atom. The van der Waals surface area contributed by atoms with Gasteiger partial charge in [-0.1, -0.05) is 19.1 Å². The molecule has 1 aromatic carbocycles. The van der Waals surface area contributed by atoms with E-state index in [1.165, 1.54) is 0 Å². The number of amides is 2. The standard InChI is InChI=1S/C15H20N2O2/c1-5-15(4)14(19)17(9-13(18)16-15)12-8-6-7-10(2)11(12)3/h6-8H,5,9H2,1-4H3,(H,16,18). The van der Waals surface area contributed by atoms with Crippen LogP contribution in [0, 0.1) is 13.8 Å². The number of carbonyl (C=O) groups excluding carboxylic acids is 2. The van der Waals surface area contributed by atoms with Crippen LogP contribution in [0.5, 0.6) is 0 Å². The number of hydrogen-bond acceptors (Lipinski definition) is 2. The summed E-state index contributed by atoms with van der Waals surface area (Å²) >= 11 is 0. The molecule has 2 rings (SSSR count). The van der Waals surface area contributed by atoms with E-state index in [0.29, 0.717) is 6.42 Å². The van der Waals surface area contributed by atoms with Gasteiger partial charge in [0.25, 0.3) is 5.91 Å². The van der Waals surface area contributed by atoms with Crippen LogP contribution in [-0.2, 0) is 9.59 Å². The number of anilines is 1. The van der Waals surface area contributed by atoms with Crippen molar-refractivity contribution in [1.29, 1.82) is 0 Å². The monoisotopic (exact) mass is 260 g/mol. The molecule has 1 N–H and O–H groups in total. The second-order valence-corrected chi connectivity index (χ2v) is 5.34.